The van der Waals surface area contributed by atoms with E-state index in [-0.39, 0.29) is 0 Å². The van der Waals surface area contributed by atoms with Crippen molar-refractivity contribution in [3.63, 3.8) is 0 Å². The van der Waals surface area contributed by atoms with Gasteiger partial charge in [0, 0.05) is 26.4 Å². The molecule has 0 amide bonds. The van der Waals surface area contributed by atoms with Gasteiger partial charge in [0.25, 0.3) is 0 Å². The molecule has 0 aromatic rings. The fourth-order valence-corrected chi connectivity index (χ4v) is 4.49. The van der Waals surface area contributed by atoms with Gasteiger partial charge in [-0.05, 0) is 0 Å². The number of halogens is 3. The molecule has 0 aromatic carbocycles. The molecule has 0 aliphatic carbocycles. The Morgan fingerprint density at radius 2 is 1.25 bits per heavy atom. The van der Waals surface area contributed by atoms with Crippen molar-refractivity contribution in [2.24, 2.45) is 5.92 Å². The van der Waals surface area contributed by atoms with Crippen LogP contribution in [0, 0.1) is 5.92 Å². The second-order valence-corrected chi connectivity index (χ2v) is 7.78. The van der Waals surface area contributed by atoms with E-state index in [0.717, 1.165) is 6.92 Å². The van der Waals surface area contributed by atoms with Crippen molar-refractivity contribution in [2.45, 2.75) is 32.0 Å². The van der Waals surface area contributed by atoms with Gasteiger partial charge in [-0.25, -0.2) is 0 Å². The Morgan fingerprint density at radius 3 is 1.44 bits per heavy atom. The maximum absolute atomic E-state index is 12.7. The lowest BCUT2D eigenvalue weighted by atomic mass is 9.96. The predicted molar refractivity (Wildman–Crippen MR) is 56.0 cm³/mol. The summed E-state index contributed by atoms with van der Waals surface area (Å²) in [6, 6.07) is 0. The molecule has 0 aliphatic rings. The van der Waals surface area contributed by atoms with E-state index in [1.165, 1.54) is 35.2 Å². The average Bonchev–Trinajstić information content (AvgIpc) is 2.18. The third-order valence-corrected chi connectivity index (χ3v) is 6.79. The molecule has 0 bridgehead atoms. The van der Waals surface area contributed by atoms with Gasteiger partial charge in [-0.2, -0.15) is 13.2 Å². The third kappa shape index (κ3) is 2.58. The lowest BCUT2D eigenvalue weighted by molar-refractivity contribution is -0.183. The van der Waals surface area contributed by atoms with Crippen LogP contribution in [-0.2, 0) is 13.3 Å². The molecule has 7 heteroatoms. The van der Waals surface area contributed by atoms with Crippen molar-refractivity contribution in [2.75, 3.05) is 21.3 Å². The van der Waals surface area contributed by atoms with Gasteiger partial charge in [0.2, 0.25) is 0 Å². The maximum atomic E-state index is 12.7. The Balaban J connectivity index is 5.29. The van der Waals surface area contributed by atoms with Gasteiger partial charge in [-0.15, -0.1) is 0 Å². The molecule has 0 heterocycles. The van der Waals surface area contributed by atoms with Crippen LogP contribution in [0.1, 0.15) is 20.8 Å². The van der Waals surface area contributed by atoms with E-state index < -0.39 is 25.9 Å². The second-order valence-electron chi connectivity index (χ2n) is 4.15. The summed E-state index contributed by atoms with van der Waals surface area (Å²) in [5.41, 5.74) is 0. The van der Waals surface area contributed by atoms with E-state index in [4.69, 9.17) is 13.3 Å². The van der Waals surface area contributed by atoms with Crippen LogP contribution in [0.3, 0.4) is 0 Å². The van der Waals surface area contributed by atoms with Crippen molar-refractivity contribution < 1.29 is 26.4 Å². The first-order valence-corrected chi connectivity index (χ1v) is 6.53. The van der Waals surface area contributed by atoms with Crippen molar-refractivity contribution in [1.82, 2.24) is 0 Å². The number of hydrogen-bond acceptors (Lipinski definition) is 3. The van der Waals surface area contributed by atoms with Crippen LogP contribution in [-0.4, -0.2) is 36.3 Å². The normalized spacial score (nSPS) is 16.3. The molecule has 1 unspecified atom stereocenters. The Hall–Kier alpha value is -0.113. The molecule has 98 valence electrons. The molecular weight excluding hydrogens is 241 g/mol. The van der Waals surface area contributed by atoms with E-state index in [1.807, 2.05) is 0 Å². The summed E-state index contributed by atoms with van der Waals surface area (Å²) in [7, 11) is 0.591. The molecule has 0 radical (unpaired) electrons. The SMILES string of the molecule is CO[Si](OC)(OC)C(C)(C)C(C)C(F)(F)F. The molecule has 0 saturated carbocycles. The highest BCUT2D eigenvalue weighted by Crippen LogP contribution is 2.51. The molecule has 1 atom stereocenters. The first-order chi connectivity index (χ1) is 7.09. The molecule has 0 spiro atoms. The molecule has 0 rings (SSSR count). The van der Waals surface area contributed by atoms with Crippen LogP contribution in [0.25, 0.3) is 0 Å². The van der Waals surface area contributed by atoms with Crippen LogP contribution in [0.15, 0.2) is 0 Å². The average molecular weight is 260 g/mol. The highest BCUT2D eigenvalue weighted by atomic mass is 28.4. The summed E-state index contributed by atoms with van der Waals surface area (Å²) in [4.78, 5) is 0. The fraction of sp³-hybridized carbons (Fsp3) is 1.00. The maximum Gasteiger partial charge on any atom is 0.506 e. The summed E-state index contributed by atoms with van der Waals surface area (Å²) in [5.74, 6) is -1.58. The summed E-state index contributed by atoms with van der Waals surface area (Å²) >= 11 is 0. The summed E-state index contributed by atoms with van der Waals surface area (Å²) in [6.45, 7) is 4.01. The first kappa shape index (κ1) is 15.9. The van der Waals surface area contributed by atoms with Crippen LogP contribution < -0.4 is 0 Å². The van der Waals surface area contributed by atoms with Crippen LogP contribution in [0.5, 0.6) is 0 Å². The molecule has 0 aliphatic heterocycles. The van der Waals surface area contributed by atoms with Gasteiger partial charge in [-0.1, -0.05) is 20.8 Å². The van der Waals surface area contributed by atoms with Gasteiger partial charge in [0.05, 0.1) is 5.92 Å². The summed E-state index contributed by atoms with van der Waals surface area (Å²) in [6.07, 6.45) is -4.31. The molecule has 0 N–H and O–H groups in total. The zero-order valence-electron chi connectivity index (χ0n) is 10.4. The van der Waals surface area contributed by atoms with E-state index >= 15 is 0 Å². The highest BCUT2D eigenvalue weighted by Gasteiger charge is 2.62. The number of hydrogen-bond donors (Lipinski definition) is 0. The third-order valence-electron chi connectivity index (χ3n) is 3.17. The predicted octanol–water partition coefficient (Wildman–Crippen LogP) is 2.84. The molecular formula is C9H19F3O3Si. The minimum absolute atomic E-state index is 1.11. The van der Waals surface area contributed by atoms with E-state index in [0.29, 0.717) is 0 Å². The van der Waals surface area contributed by atoms with E-state index in [2.05, 4.69) is 0 Å². The Morgan fingerprint density at radius 1 is 0.938 bits per heavy atom. The lowest BCUT2D eigenvalue weighted by Gasteiger charge is -2.42. The minimum Gasteiger partial charge on any atom is -0.377 e. The molecule has 3 nitrogen and oxygen atoms in total. The zero-order valence-corrected chi connectivity index (χ0v) is 11.4. The quantitative estimate of drug-likeness (QED) is 0.711. The molecule has 16 heavy (non-hydrogen) atoms. The topological polar surface area (TPSA) is 27.7 Å². The Bertz CT molecular complexity index is 218. The van der Waals surface area contributed by atoms with Crippen LogP contribution in [0.4, 0.5) is 13.2 Å². The van der Waals surface area contributed by atoms with Crippen molar-refractivity contribution >= 4 is 8.80 Å². The molecule has 0 fully saturated rings. The Labute approximate surface area is 95.2 Å². The van der Waals surface area contributed by atoms with Crippen LogP contribution >= 0.6 is 0 Å². The smallest absolute Gasteiger partial charge is 0.377 e. The van der Waals surface area contributed by atoms with Gasteiger partial charge in [0.15, 0.2) is 0 Å². The van der Waals surface area contributed by atoms with Gasteiger partial charge >= 0.3 is 15.0 Å². The number of rotatable bonds is 5. The Kier molecular flexibility index (Phi) is 5.00. The van der Waals surface area contributed by atoms with Crippen molar-refractivity contribution in [1.29, 1.82) is 0 Å². The minimum atomic E-state index is -4.31. The molecule has 0 aromatic heterocycles. The monoisotopic (exact) mass is 260 g/mol. The van der Waals surface area contributed by atoms with Crippen molar-refractivity contribution in [3.8, 4) is 0 Å². The van der Waals surface area contributed by atoms with Gasteiger partial charge in [-0.3, -0.25) is 0 Å². The van der Waals surface area contributed by atoms with Crippen LogP contribution in [0.2, 0.25) is 5.04 Å². The first-order valence-electron chi connectivity index (χ1n) is 4.81. The summed E-state index contributed by atoms with van der Waals surface area (Å²) < 4.78 is 53.6. The van der Waals surface area contributed by atoms with E-state index in [1.54, 1.807) is 0 Å². The van der Waals surface area contributed by atoms with Crippen molar-refractivity contribution in [3.05, 3.63) is 0 Å². The van der Waals surface area contributed by atoms with E-state index in [9.17, 15) is 13.2 Å². The summed E-state index contributed by atoms with van der Waals surface area (Å²) in [5, 5.41) is -1.25. The fourth-order valence-electron chi connectivity index (χ4n) is 1.71. The standard InChI is InChI=1S/C9H19F3O3Si/c1-7(9(10,11)12)8(2,3)16(13-4,14-5)15-6/h7H,1-6H3. The number of alkyl halides is 3. The largest absolute Gasteiger partial charge is 0.506 e. The zero-order chi connectivity index (χ0) is 13.2. The molecule has 0 saturated heterocycles. The van der Waals surface area contributed by atoms with Gasteiger partial charge < -0.3 is 13.3 Å². The van der Waals surface area contributed by atoms with Gasteiger partial charge in [0.1, 0.15) is 0 Å². The highest BCUT2D eigenvalue weighted by molar-refractivity contribution is 6.64. The second kappa shape index (κ2) is 5.03. The lowest BCUT2D eigenvalue weighted by Crippen LogP contribution is -2.56.